The van der Waals surface area contributed by atoms with E-state index in [2.05, 4.69) is 5.32 Å². The van der Waals surface area contributed by atoms with Crippen molar-refractivity contribution in [2.45, 2.75) is 31.8 Å². The van der Waals surface area contributed by atoms with Gasteiger partial charge in [0.2, 0.25) is 0 Å². The first kappa shape index (κ1) is 10.9. The van der Waals surface area contributed by atoms with Crippen molar-refractivity contribution in [3.63, 3.8) is 0 Å². The summed E-state index contributed by atoms with van der Waals surface area (Å²) in [6, 6.07) is 0. The fraction of sp³-hybridized carbons (Fsp3) is 0.909. The molecule has 0 aromatic rings. The third-order valence-electron chi connectivity index (χ3n) is 3.08. The van der Waals surface area contributed by atoms with E-state index in [1.807, 2.05) is 0 Å². The molecule has 0 unspecified atom stereocenters. The Morgan fingerprint density at radius 1 is 1.27 bits per heavy atom. The highest BCUT2D eigenvalue weighted by molar-refractivity contribution is 5.73. The SMILES string of the molecule is O=C(OC1CCOCC1)[C@@H]1CCCNC1. The maximum absolute atomic E-state index is 11.8. The lowest BCUT2D eigenvalue weighted by atomic mass is 10.00. The molecular weight excluding hydrogens is 194 g/mol. The molecule has 2 rings (SSSR count). The molecule has 0 aromatic carbocycles. The highest BCUT2D eigenvalue weighted by Gasteiger charge is 2.25. The summed E-state index contributed by atoms with van der Waals surface area (Å²) in [6.07, 6.45) is 3.84. The number of ether oxygens (including phenoxy) is 2. The second-order valence-electron chi connectivity index (χ2n) is 4.29. The summed E-state index contributed by atoms with van der Waals surface area (Å²) in [5, 5.41) is 3.23. The number of esters is 1. The van der Waals surface area contributed by atoms with Crippen molar-refractivity contribution in [3.8, 4) is 0 Å². The Bertz CT molecular complexity index is 208. The minimum atomic E-state index is -0.0194. The molecule has 0 bridgehead atoms. The van der Waals surface area contributed by atoms with Crippen molar-refractivity contribution in [3.05, 3.63) is 0 Å². The van der Waals surface area contributed by atoms with E-state index in [9.17, 15) is 4.79 Å². The molecule has 15 heavy (non-hydrogen) atoms. The molecule has 2 fully saturated rings. The second kappa shape index (κ2) is 5.47. The topological polar surface area (TPSA) is 47.6 Å². The number of rotatable bonds is 2. The van der Waals surface area contributed by atoms with Gasteiger partial charge in [0, 0.05) is 19.4 Å². The maximum atomic E-state index is 11.8. The van der Waals surface area contributed by atoms with Crippen molar-refractivity contribution in [2.75, 3.05) is 26.3 Å². The highest BCUT2D eigenvalue weighted by atomic mass is 16.6. The van der Waals surface area contributed by atoms with Crippen LogP contribution in [0.1, 0.15) is 25.7 Å². The maximum Gasteiger partial charge on any atom is 0.310 e. The molecule has 0 amide bonds. The van der Waals surface area contributed by atoms with Crippen LogP contribution in [0.2, 0.25) is 0 Å². The number of carbonyl (C=O) groups excluding carboxylic acids is 1. The van der Waals surface area contributed by atoms with Crippen LogP contribution < -0.4 is 5.32 Å². The summed E-state index contributed by atoms with van der Waals surface area (Å²) in [5.74, 6) is 0.0516. The zero-order valence-corrected chi connectivity index (χ0v) is 9.04. The second-order valence-corrected chi connectivity index (χ2v) is 4.29. The van der Waals surface area contributed by atoms with Gasteiger partial charge in [-0.15, -0.1) is 0 Å². The summed E-state index contributed by atoms with van der Waals surface area (Å²) >= 11 is 0. The summed E-state index contributed by atoms with van der Waals surface area (Å²) in [4.78, 5) is 11.8. The molecule has 4 nitrogen and oxygen atoms in total. The number of nitrogens with one attached hydrogen (secondary N) is 1. The number of piperidine rings is 1. The smallest absolute Gasteiger partial charge is 0.310 e. The average molecular weight is 213 g/mol. The lowest BCUT2D eigenvalue weighted by molar-refractivity contribution is -0.158. The van der Waals surface area contributed by atoms with Gasteiger partial charge in [-0.2, -0.15) is 0 Å². The van der Waals surface area contributed by atoms with Crippen molar-refractivity contribution < 1.29 is 14.3 Å². The van der Waals surface area contributed by atoms with Gasteiger partial charge in [0.15, 0.2) is 0 Å². The normalized spacial score (nSPS) is 28.7. The van der Waals surface area contributed by atoms with E-state index in [0.29, 0.717) is 0 Å². The molecule has 2 aliphatic heterocycles. The molecule has 0 spiro atoms. The third-order valence-corrected chi connectivity index (χ3v) is 3.08. The van der Waals surface area contributed by atoms with Crippen molar-refractivity contribution >= 4 is 5.97 Å². The number of carbonyl (C=O) groups is 1. The first-order valence-corrected chi connectivity index (χ1v) is 5.85. The molecule has 86 valence electrons. The minimum absolute atomic E-state index is 0.0194. The van der Waals surface area contributed by atoms with Gasteiger partial charge < -0.3 is 14.8 Å². The van der Waals surface area contributed by atoms with Crippen molar-refractivity contribution in [2.24, 2.45) is 5.92 Å². The van der Waals surface area contributed by atoms with Crippen LogP contribution in [0.15, 0.2) is 0 Å². The fourth-order valence-electron chi connectivity index (χ4n) is 2.11. The van der Waals surface area contributed by atoms with E-state index in [1.165, 1.54) is 0 Å². The molecule has 2 aliphatic rings. The molecule has 0 aliphatic carbocycles. The molecule has 2 heterocycles. The van der Waals surface area contributed by atoms with Gasteiger partial charge in [-0.3, -0.25) is 4.79 Å². The molecular formula is C11H19NO3. The summed E-state index contributed by atoms with van der Waals surface area (Å²) in [7, 11) is 0. The van der Waals surface area contributed by atoms with Gasteiger partial charge in [-0.1, -0.05) is 0 Å². The molecule has 1 atom stereocenters. The molecule has 0 saturated carbocycles. The minimum Gasteiger partial charge on any atom is -0.462 e. The van der Waals surface area contributed by atoms with Gasteiger partial charge >= 0.3 is 5.97 Å². The van der Waals surface area contributed by atoms with E-state index in [-0.39, 0.29) is 18.0 Å². The predicted molar refractivity (Wildman–Crippen MR) is 55.5 cm³/mol. The molecule has 4 heteroatoms. The molecule has 0 aromatic heterocycles. The van der Waals surface area contributed by atoms with Crippen LogP contribution in [0.5, 0.6) is 0 Å². The van der Waals surface area contributed by atoms with Gasteiger partial charge in [0.05, 0.1) is 19.1 Å². The first-order valence-electron chi connectivity index (χ1n) is 5.85. The van der Waals surface area contributed by atoms with Crippen LogP contribution in [-0.4, -0.2) is 38.4 Å². The summed E-state index contributed by atoms with van der Waals surface area (Å²) in [6.45, 7) is 3.25. The van der Waals surface area contributed by atoms with Gasteiger partial charge in [0.25, 0.3) is 0 Å². The Kier molecular flexibility index (Phi) is 3.97. The first-order chi connectivity index (χ1) is 7.36. The molecule has 1 N–H and O–H groups in total. The van der Waals surface area contributed by atoms with E-state index in [1.54, 1.807) is 0 Å². The van der Waals surface area contributed by atoms with E-state index >= 15 is 0 Å². The standard InChI is InChI=1S/C11H19NO3/c13-11(9-2-1-5-12-8-9)15-10-3-6-14-7-4-10/h9-10,12H,1-8H2/t9-/m1/s1. The zero-order valence-electron chi connectivity index (χ0n) is 9.04. The lowest BCUT2D eigenvalue weighted by Crippen LogP contribution is -2.37. The quantitative estimate of drug-likeness (QED) is 0.686. The van der Waals surface area contributed by atoms with Crippen LogP contribution in [0.4, 0.5) is 0 Å². The van der Waals surface area contributed by atoms with E-state index < -0.39 is 0 Å². The van der Waals surface area contributed by atoms with Crippen LogP contribution >= 0.6 is 0 Å². The Morgan fingerprint density at radius 3 is 2.73 bits per heavy atom. The number of hydrogen-bond donors (Lipinski definition) is 1. The van der Waals surface area contributed by atoms with Crippen LogP contribution in [0.3, 0.4) is 0 Å². The summed E-state index contributed by atoms with van der Waals surface area (Å²) in [5.41, 5.74) is 0. The third kappa shape index (κ3) is 3.18. The van der Waals surface area contributed by atoms with Crippen molar-refractivity contribution in [1.29, 1.82) is 0 Å². The predicted octanol–water partition coefficient (Wildman–Crippen LogP) is 0.708. The Morgan fingerprint density at radius 2 is 2.07 bits per heavy atom. The van der Waals surface area contributed by atoms with Crippen molar-refractivity contribution in [1.82, 2.24) is 5.32 Å². The van der Waals surface area contributed by atoms with Gasteiger partial charge in [-0.25, -0.2) is 0 Å². The highest BCUT2D eigenvalue weighted by Crippen LogP contribution is 2.16. The van der Waals surface area contributed by atoms with Gasteiger partial charge in [0.1, 0.15) is 6.10 Å². The Hall–Kier alpha value is -0.610. The summed E-state index contributed by atoms with van der Waals surface area (Å²) < 4.78 is 10.7. The van der Waals surface area contributed by atoms with Crippen LogP contribution in [0, 0.1) is 5.92 Å². The van der Waals surface area contributed by atoms with Crippen LogP contribution in [-0.2, 0) is 14.3 Å². The zero-order chi connectivity index (χ0) is 10.5. The van der Waals surface area contributed by atoms with Gasteiger partial charge in [-0.05, 0) is 19.4 Å². The fourth-order valence-corrected chi connectivity index (χ4v) is 2.11. The van der Waals surface area contributed by atoms with Crippen LogP contribution in [0.25, 0.3) is 0 Å². The largest absolute Gasteiger partial charge is 0.462 e. The molecule has 2 saturated heterocycles. The Balaban J connectivity index is 1.74. The van der Waals surface area contributed by atoms with E-state index in [4.69, 9.17) is 9.47 Å². The lowest BCUT2D eigenvalue weighted by Gasteiger charge is -2.26. The Labute approximate surface area is 90.3 Å². The average Bonchev–Trinajstić information content (AvgIpc) is 2.31. The van der Waals surface area contributed by atoms with E-state index in [0.717, 1.165) is 52.0 Å². The molecule has 0 radical (unpaired) electrons. The number of hydrogen-bond acceptors (Lipinski definition) is 4. The monoisotopic (exact) mass is 213 g/mol.